The summed E-state index contributed by atoms with van der Waals surface area (Å²) in [6.07, 6.45) is 4.84. The van der Waals surface area contributed by atoms with E-state index in [1.54, 1.807) is 0 Å². The van der Waals surface area contributed by atoms with Crippen molar-refractivity contribution < 1.29 is 14.3 Å². The quantitative estimate of drug-likeness (QED) is 0.505. The van der Waals surface area contributed by atoms with Crippen molar-refractivity contribution in [2.24, 2.45) is 5.41 Å². The van der Waals surface area contributed by atoms with E-state index in [0.29, 0.717) is 12.0 Å². The molecule has 0 bridgehead atoms. The average molecular weight is 198 g/mol. The molecule has 14 heavy (non-hydrogen) atoms. The fourth-order valence-electron chi connectivity index (χ4n) is 1.76. The van der Waals surface area contributed by atoms with Gasteiger partial charge in [0.1, 0.15) is 6.61 Å². The number of hydrogen-bond acceptors (Lipinski definition) is 3. The normalized spacial score (nSPS) is 19.8. The molecule has 80 valence electrons. The summed E-state index contributed by atoms with van der Waals surface area (Å²) in [5.41, 5.74) is 1.54. The zero-order chi connectivity index (χ0) is 10.6. The second-order valence-corrected chi connectivity index (χ2v) is 4.48. The predicted octanol–water partition coefficient (Wildman–Crippen LogP) is 2.91. The Morgan fingerprint density at radius 1 is 1.57 bits per heavy atom. The largest absolute Gasteiger partial charge is 0.508 e. The molecule has 0 radical (unpaired) electrons. The lowest BCUT2D eigenvalue weighted by molar-refractivity contribution is 0.0775. The molecular weight excluding hydrogens is 180 g/mol. The Bertz CT molecular complexity index is 241. The molecule has 0 aromatic carbocycles. The van der Waals surface area contributed by atoms with Gasteiger partial charge < -0.3 is 9.47 Å². The van der Waals surface area contributed by atoms with Crippen molar-refractivity contribution in [1.29, 1.82) is 0 Å². The Balaban J connectivity index is 2.38. The average Bonchev–Trinajstić information content (AvgIpc) is 2.12. The Hall–Kier alpha value is -0.990. The standard InChI is InChI=1S/C11H18O3/c1-11(2)6-4-5-9(7-11)8-14-10(12)13-3/h5H,4,6-8H2,1-3H3. The highest BCUT2D eigenvalue weighted by atomic mass is 16.7. The van der Waals surface area contributed by atoms with Crippen LogP contribution in [0.3, 0.4) is 0 Å². The lowest BCUT2D eigenvalue weighted by atomic mass is 9.77. The molecule has 3 nitrogen and oxygen atoms in total. The van der Waals surface area contributed by atoms with Crippen LogP contribution in [0.2, 0.25) is 0 Å². The molecule has 0 unspecified atom stereocenters. The first-order chi connectivity index (χ1) is 6.53. The van der Waals surface area contributed by atoms with Crippen LogP contribution >= 0.6 is 0 Å². The van der Waals surface area contributed by atoms with Crippen LogP contribution in [0.25, 0.3) is 0 Å². The van der Waals surface area contributed by atoms with E-state index in [0.717, 1.165) is 12.8 Å². The van der Waals surface area contributed by atoms with E-state index in [4.69, 9.17) is 4.74 Å². The number of ether oxygens (including phenoxy) is 2. The number of allylic oxidation sites excluding steroid dienone is 1. The van der Waals surface area contributed by atoms with E-state index in [9.17, 15) is 4.79 Å². The third kappa shape index (κ3) is 3.40. The van der Waals surface area contributed by atoms with E-state index < -0.39 is 6.16 Å². The van der Waals surface area contributed by atoms with Gasteiger partial charge in [0.15, 0.2) is 0 Å². The molecule has 0 spiro atoms. The van der Waals surface area contributed by atoms with E-state index >= 15 is 0 Å². The van der Waals surface area contributed by atoms with Crippen LogP contribution in [0.1, 0.15) is 33.1 Å². The molecule has 1 rings (SSSR count). The van der Waals surface area contributed by atoms with Crippen LogP contribution in [-0.4, -0.2) is 19.9 Å². The van der Waals surface area contributed by atoms with Gasteiger partial charge in [0.2, 0.25) is 0 Å². The van der Waals surface area contributed by atoms with Crippen LogP contribution < -0.4 is 0 Å². The summed E-state index contributed by atoms with van der Waals surface area (Å²) < 4.78 is 9.30. The number of hydrogen-bond donors (Lipinski definition) is 0. The van der Waals surface area contributed by atoms with E-state index in [1.165, 1.54) is 19.1 Å². The first-order valence-electron chi connectivity index (χ1n) is 4.92. The van der Waals surface area contributed by atoms with Gasteiger partial charge in [0.05, 0.1) is 7.11 Å². The van der Waals surface area contributed by atoms with Crippen molar-refractivity contribution in [2.45, 2.75) is 33.1 Å². The maximum absolute atomic E-state index is 10.7. The summed E-state index contributed by atoms with van der Waals surface area (Å²) in [6.45, 7) is 4.84. The minimum absolute atomic E-state index is 0.337. The van der Waals surface area contributed by atoms with Crippen molar-refractivity contribution >= 4 is 6.16 Å². The molecule has 0 aromatic heterocycles. The smallest absolute Gasteiger partial charge is 0.438 e. The minimum Gasteiger partial charge on any atom is -0.438 e. The van der Waals surface area contributed by atoms with E-state index in [2.05, 4.69) is 24.7 Å². The second kappa shape index (κ2) is 4.49. The van der Waals surface area contributed by atoms with Gasteiger partial charge in [-0.3, -0.25) is 0 Å². The summed E-state index contributed by atoms with van der Waals surface area (Å²) >= 11 is 0. The fourth-order valence-corrected chi connectivity index (χ4v) is 1.76. The van der Waals surface area contributed by atoms with E-state index in [-0.39, 0.29) is 0 Å². The highest BCUT2D eigenvalue weighted by molar-refractivity contribution is 5.59. The summed E-state index contributed by atoms with van der Waals surface area (Å²) in [5, 5.41) is 0. The third-order valence-corrected chi connectivity index (χ3v) is 2.50. The maximum Gasteiger partial charge on any atom is 0.508 e. The maximum atomic E-state index is 10.7. The highest BCUT2D eigenvalue weighted by Crippen LogP contribution is 2.34. The molecular formula is C11H18O3. The molecule has 0 saturated carbocycles. The monoisotopic (exact) mass is 198 g/mol. The van der Waals surface area contributed by atoms with Gasteiger partial charge in [-0.15, -0.1) is 0 Å². The highest BCUT2D eigenvalue weighted by Gasteiger charge is 2.23. The van der Waals surface area contributed by atoms with Crippen molar-refractivity contribution in [3.8, 4) is 0 Å². The summed E-state index contributed by atoms with van der Waals surface area (Å²) in [5.74, 6) is 0. The zero-order valence-corrected chi connectivity index (χ0v) is 9.13. The van der Waals surface area contributed by atoms with Crippen LogP contribution in [0, 0.1) is 5.41 Å². The Kier molecular flexibility index (Phi) is 3.55. The summed E-state index contributed by atoms with van der Waals surface area (Å²) in [6, 6.07) is 0. The van der Waals surface area contributed by atoms with Gasteiger partial charge in [-0.1, -0.05) is 19.9 Å². The number of rotatable bonds is 2. The van der Waals surface area contributed by atoms with Crippen LogP contribution in [-0.2, 0) is 9.47 Å². The first kappa shape index (κ1) is 11.1. The number of carbonyl (C=O) groups is 1. The molecule has 0 amide bonds. The minimum atomic E-state index is -0.603. The SMILES string of the molecule is COC(=O)OCC1=CCCC(C)(C)C1. The lowest BCUT2D eigenvalue weighted by Crippen LogP contribution is -2.19. The van der Waals surface area contributed by atoms with Gasteiger partial charge in [0.25, 0.3) is 0 Å². The molecule has 1 aliphatic rings. The Labute approximate surface area is 85.1 Å². The van der Waals surface area contributed by atoms with Crippen molar-refractivity contribution in [3.05, 3.63) is 11.6 Å². The predicted molar refractivity (Wildman–Crippen MR) is 54.1 cm³/mol. The molecule has 1 aliphatic carbocycles. The molecule has 0 N–H and O–H groups in total. The van der Waals surface area contributed by atoms with Crippen LogP contribution in [0.4, 0.5) is 4.79 Å². The topological polar surface area (TPSA) is 35.5 Å². The molecule has 0 fully saturated rings. The van der Waals surface area contributed by atoms with Crippen molar-refractivity contribution in [1.82, 2.24) is 0 Å². The Morgan fingerprint density at radius 2 is 2.29 bits per heavy atom. The number of carbonyl (C=O) groups excluding carboxylic acids is 1. The second-order valence-electron chi connectivity index (χ2n) is 4.48. The first-order valence-corrected chi connectivity index (χ1v) is 4.92. The van der Waals surface area contributed by atoms with Gasteiger partial charge in [-0.2, -0.15) is 0 Å². The zero-order valence-electron chi connectivity index (χ0n) is 9.13. The van der Waals surface area contributed by atoms with Crippen LogP contribution in [0.5, 0.6) is 0 Å². The van der Waals surface area contributed by atoms with E-state index in [1.807, 2.05) is 0 Å². The Morgan fingerprint density at radius 3 is 2.86 bits per heavy atom. The fraction of sp³-hybridized carbons (Fsp3) is 0.727. The van der Waals surface area contributed by atoms with Gasteiger partial charge >= 0.3 is 6.16 Å². The van der Waals surface area contributed by atoms with Crippen molar-refractivity contribution in [3.63, 3.8) is 0 Å². The van der Waals surface area contributed by atoms with Gasteiger partial charge in [0, 0.05) is 0 Å². The summed E-state index contributed by atoms with van der Waals surface area (Å²) in [4.78, 5) is 10.7. The third-order valence-electron chi connectivity index (χ3n) is 2.50. The molecule has 3 heteroatoms. The van der Waals surface area contributed by atoms with Gasteiger partial charge in [-0.05, 0) is 30.3 Å². The number of methoxy groups -OCH3 is 1. The molecule has 0 atom stereocenters. The van der Waals surface area contributed by atoms with Gasteiger partial charge in [-0.25, -0.2) is 4.79 Å². The molecule has 0 aliphatic heterocycles. The molecule has 0 saturated heterocycles. The van der Waals surface area contributed by atoms with Crippen molar-refractivity contribution in [2.75, 3.05) is 13.7 Å². The van der Waals surface area contributed by atoms with Crippen LogP contribution in [0.15, 0.2) is 11.6 Å². The lowest BCUT2D eigenvalue weighted by Gasteiger charge is -2.29. The molecule has 0 aromatic rings. The summed E-state index contributed by atoms with van der Waals surface area (Å²) in [7, 11) is 1.32. The molecule has 0 heterocycles.